The van der Waals surface area contributed by atoms with Crippen LogP contribution in [0.15, 0.2) is 35.2 Å². The van der Waals surface area contributed by atoms with Crippen LogP contribution in [0.4, 0.5) is 0 Å². The highest BCUT2D eigenvalue weighted by Gasteiger charge is 2.28. The fraction of sp³-hybridized carbons (Fsp3) is 0.391. The highest BCUT2D eigenvalue weighted by atomic mass is 35.5. The number of halogens is 1. The lowest BCUT2D eigenvalue weighted by molar-refractivity contribution is -0.121. The van der Waals surface area contributed by atoms with E-state index in [-0.39, 0.29) is 43.6 Å². The number of benzene rings is 2. The van der Waals surface area contributed by atoms with Crippen LogP contribution in [0.5, 0.6) is 11.5 Å². The first-order valence-electron chi connectivity index (χ1n) is 10.8. The summed E-state index contributed by atoms with van der Waals surface area (Å²) < 4.78 is 38.9. The van der Waals surface area contributed by atoms with E-state index < -0.39 is 15.9 Å². The van der Waals surface area contributed by atoms with Crippen LogP contribution in [0.2, 0.25) is 5.02 Å². The number of carbonyl (C=O) groups excluding carboxylic acids is 2. The second kappa shape index (κ2) is 11.1. The minimum Gasteiger partial charge on any atom is -0.497 e. The first kappa shape index (κ1) is 25.8. The van der Waals surface area contributed by atoms with Crippen molar-refractivity contribution in [2.75, 3.05) is 39.9 Å². The topological polar surface area (TPSA) is 114 Å². The molecule has 1 aliphatic rings. The monoisotopic (exact) mass is 509 g/mol. The van der Waals surface area contributed by atoms with Gasteiger partial charge in [0.15, 0.2) is 0 Å². The van der Waals surface area contributed by atoms with Gasteiger partial charge in [0.25, 0.3) is 5.91 Å². The summed E-state index contributed by atoms with van der Waals surface area (Å²) in [5.74, 6) is 0.0611. The van der Waals surface area contributed by atoms with Crippen LogP contribution in [0.25, 0.3) is 0 Å². The predicted octanol–water partition coefficient (Wildman–Crippen LogP) is 2.28. The maximum atomic E-state index is 13.4. The molecule has 1 heterocycles. The number of amides is 2. The van der Waals surface area contributed by atoms with Gasteiger partial charge in [-0.25, -0.2) is 8.42 Å². The number of nitrogens with zero attached hydrogens (tertiary/aromatic N) is 1. The molecule has 184 valence electrons. The molecule has 0 radical (unpaired) electrons. The third-order valence-electron chi connectivity index (χ3n) is 5.38. The number of rotatable bonds is 3. The van der Waals surface area contributed by atoms with Gasteiger partial charge in [-0.05, 0) is 55.7 Å². The second-order valence-electron chi connectivity index (χ2n) is 7.88. The van der Waals surface area contributed by atoms with Crippen LogP contribution in [-0.4, -0.2) is 64.4 Å². The molecule has 11 heteroatoms. The summed E-state index contributed by atoms with van der Waals surface area (Å²) in [4.78, 5) is 25.4. The number of methoxy groups -OCH3 is 1. The van der Waals surface area contributed by atoms with Crippen LogP contribution in [0, 0.1) is 13.8 Å². The van der Waals surface area contributed by atoms with Crippen molar-refractivity contribution in [3.05, 3.63) is 52.0 Å². The number of hydrogen-bond acceptors (Lipinski definition) is 6. The van der Waals surface area contributed by atoms with Crippen LogP contribution >= 0.6 is 11.6 Å². The Bertz CT molecular complexity index is 1190. The molecule has 1 aliphatic heterocycles. The summed E-state index contributed by atoms with van der Waals surface area (Å²) in [5.41, 5.74) is 1.43. The van der Waals surface area contributed by atoms with E-state index in [1.165, 1.54) is 13.2 Å². The summed E-state index contributed by atoms with van der Waals surface area (Å²) in [6.45, 7) is 3.48. The van der Waals surface area contributed by atoms with Crippen LogP contribution in [-0.2, 0) is 14.8 Å². The Hall–Kier alpha value is -2.82. The van der Waals surface area contributed by atoms with Gasteiger partial charge in [-0.15, -0.1) is 0 Å². The van der Waals surface area contributed by atoms with Gasteiger partial charge in [-0.3, -0.25) is 9.59 Å². The number of carbonyl (C=O) groups is 2. The van der Waals surface area contributed by atoms with Crippen molar-refractivity contribution >= 4 is 33.4 Å². The lowest BCUT2D eigenvalue weighted by Gasteiger charge is -2.24. The van der Waals surface area contributed by atoms with Crippen LogP contribution < -0.4 is 20.1 Å². The number of fused-ring (bicyclic) bond motifs is 1. The lowest BCUT2D eigenvalue weighted by atomic mass is 10.1. The molecule has 0 bridgehead atoms. The molecule has 0 atom stereocenters. The first-order chi connectivity index (χ1) is 16.1. The van der Waals surface area contributed by atoms with Gasteiger partial charge >= 0.3 is 0 Å². The van der Waals surface area contributed by atoms with Crippen LogP contribution in [0.1, 0.15) is 27.9 Å². The van der Waals surface area contributed by atoms with Gasteiger partial charge in [0.05, 0.1) is 30.7 Å². The molecular formula is C23H28ClN3O6S. The molecule has 0 unspecified atom stereocenters. The zero-order valence-corrected chi connectivity index (χ0v) is 20.9. The van der Waals surface area contributed by atoms with E-state index in [0.717, 1.165) is 4.31 Å². The van der Waals surface area contributed by atoms with E-state index in [1.54, 1.807) is 38.1 Å². The normalized spacial score (nSPS) is 16.5. The van der Waals surface area contributed by atoms with Gasteiger partial charge < -0.3 is 20.1 Å². The quantitative estimate of drug-likeness (QED) is 0.656. The zero-order valence-electron chi connectivity index (χ0n) is 19.3. The first-order valence-corrected chi connectivity index (χ1v) is 12.6. The van der Waals surface area contributed by atoms with E-state index >= 15 is 0 Å². The fourth-order valence-electron chi connectivity index (χ4n) is 3.51. The Balaban J connectivity index is 1.84. The standard InChI is InChI=1S/C23H28ClN3O6S/c1-15-12-21(16(2)11-19(15)24)34(30,31)27-9-4-7-26-23(29)18-6-5-17(32-3)13-20(18)33-10-8-25-22(28)14-27/h5-6,11-13H,4,7-10,14H2,1-3H3,(H,25,28)(H,26,29). The van der Waals surface area contributed by atoms with Gasteiger partial charge in [0, 0.05) is 24.2 Å². The van der Waals surface area contributed by atoms with E-state index in [0.29, 0.717) is 39.6 Å². The van der Waals surface area contributed by atoms with Crippen molar-refractivity contribution in [2.24, 2.45) is 0 Å². The Labute approximate surface area is 204 Å². The third-order valence-corrected chi connectivity index (χ3v) is 7.77. The molecule has 9 nitrogen and oxygen atoms in total. The van der Waals surface area contributed by atoms with Crippen molar-refractivity contribution in [1.29, 1.82) is 0 Å². The van der Waals surface area contributed by atoms with Crippen LogP contribution in [0.3, 0.4) is 0 Å². The van der Waals surface area contributed by atoms with E-state index in [2.05, 4.69) is 10.6 Å². The lowest BCUT2D eigenvalue weighted by Crippen LogP contribution is -2.43. The maximum absolute atomic E-state index is 13.4. The summed E-state index contributed by atoms with van der Waals surface area (Å²) in [7, 11) is -2.47. The highest BCUT2D eigenvalue weighted by molar-refractivity contribution is 7.89. The summed E-state index contributed by atoms with van der Waals surface area (Å²) in [6, 6.07) is 7.95. The molecule has 0 spiro atoms. The van der Waals surface area contributed by atoms with E-state index in [9.17, 15) is 18.0 Å². The molecule has 0 saturated heterocycles. The van der Waals surface area contributed by atoms with E-state index in [4.69, 9.17) is 21.1 Å². The van der Waals surface area contributed by atoms with Crippen molar-refractivity contribution < 1.29 is 27.5 Å². The Kier molecular flexibility index (Phi) is 8.40. The van der Waals surface area contributed by atoms with Crippen molar-refractivity contribution in [1.82, 2.24) is 14.9 Å². The summed E-state index contributed by atoms with van der Waals surface area (Å²) >= 11 is 6.13. The number of nitrogens with one attached hydrogen (secondary N) is 2. The minimum atomic E-state index is -3.98. The van der Waals surface area contributed by atoms with Crippen molar-refractivity contribution in [3.8, 4) is 11.5 Å². The van der Waals surface area contributed by atoms with Crippen molar-refractivity contribution in [3.63, 3.8) is 0 Å². The molecule has 0 aliphatic carbocycles. The average Bonchev–Trinajstić information content (AvgIpc) is 2.80. The molecule has 0 fully saturated rings. The number of hydrogen-bond donors (Lipinski definition) is 2. The third kappa shape index (κ3) is 5.99. The molecule has 34 heavy (non-hydrogen) atoms. The van der Waals surface area contributed by atoms with Gasteiger partial charge in [0.1, 0.15) is 18.1 Å². The molecule has 0 saturated carbocycles. The predicted molar refractivity (Wildman–Crippen MR) is 128 cm³/mol. The van der Waals surface area contributed by atoms with Gasteiger partial charge in [0.2, 0.25) is 15.9 Å². The fourth-order valence-corrected chi connectivity index (χ4v) is 5.46. The zero-order chi connectivity index (χ0) is 24.9. The van der Waals surface area contributed by atoms with Gasteiger partial charge in [-0.2, -0.15) is 4.31 Å². The molecule has 2 amide bonds. The molecular weight excluding hydrogens is 482 g/mol. The molecule has 2 N–H and O–H groups in total. The number of aryl methyl sites for hydroxylation is 2. The largest absolute Gasteiger partial charge is 0.497 e. The highest BCUT2D eigenvalue weighted by Crippen LogP contribution is 2.27. The summed E-state index contributed by atoms with van der Waals surface area (Å²) in [5, 5.41) is 5.92. The maximum Gasteiger partial charge on any atom is 0.255 e. The Morgan fingerprint density at radius 1 is 1.06 bits per heavy atom. The molecule has 3 rings (SSSR count). The average molecular weight is 510 g/mol. The summed E-state index contributed by atoms with van der Waals surface area (Å²) in [6.07, 6.45) is 0.302. The van der Waals surface area contributed by atoms with E-state index in [1.807, 2.05) is 0 Å². The molecule has 2 aromatic rings. The number of ether oxygens (including phenoxy) is 2. The molecule has 0 aromatic heterocycles. The minimum absolute atomic E-state index is 0.0448. The Morgan fingerprint density at radius 2 is 1.82 bits per heavy atom. The Morgan fingerprint density at radius 3 is 2.56 bits per heavy atom. The van der Waals surface area contributed by atoms with Crippen molar-refractivity contribution in [2.45, 2.75) is 25.2 Å². The molecule has 2 aromatic carbocycles. The van der Waals surface area contributed by atoms with Gasteiger partial charge in [-0.1, -0.05) is 11.6 Å². The smallest absolute Gasteiger partial charge is 0.255 e. The number of sulfonamides is 1. The SMILES string of the molecule is COc1ccc2c(c1)OCCNC(=O)CN(S(=O)(=O)c1cc(C)c(Cl)cc1C)CCCNC2=O. The second-order valence-corrected chi connectivity index (χ2v) is 10.2.